The standard InChI is InChI=1S/C22H27N3O2S/c26-22(9-3-5-17-15-23-19-7-2-1-6-18(17)19)24-16-20(21-8-4-14-28-21)25-10-12-27-13-11-25/h1-2,4,6-8,14-15,20,23H,3,5,9-13,16H2,(H,24,26). The van der Waals surface area contributed by atoms with Gasteiger partial charge >= 0.3 is 0 Å². The molecular weight excluding hydrogens is 370 g/mol. The molecule has 0 aliphatic carbocycles. The lowest BCUT2D eigenvalue weighted by Crippen LogP contribution is -2.43. The van der Waals surface area contributed by atoms with E-state index in [1.54, 1.807) is 11.3 Å². The van der Waals surface area contributed by atoms with E-state index in [0.717, 1.165) is 44.7 Å². The second-order valence-electron chi connectivity index (χ2n) is 7.20. The first-order valence-corrected chi connectivity index (χ1v) is 10.9. The molecule has 1 atom stereocenters. The van der Waals surface area contributed by atoms with E-state index in [-0.39, 0.29) is 11.9 Å². The highest BCUT2D eigenvalue weighted by atomic mass is 32.1. The first-order chi connectivity index (χ1) is 13.8. The Morgan fingerprint density at radius 1 is 1.21 bits per heavy atom. The van der Waals surface area contributed by atoms with Crippen LogP contribution in [0.15, 0.2) is 48.0 Å². The SMILES string of the molecule is O=C(CCCc1c[nH]c2ccccc12)NCC(c1cccs1)N1CCOCC1. The average Bonchev–Trinajstić information content (AvgIpc) is 3.40. The molecule has 3 heterocycles. The molecule has 1 amide bonds. The second-order valence-corrected chi connectivity index (χ2v) is 8.18. The molecule has 1 fully saturated rings. The number of hydrogen-bond acceptors (Lipinski definition) is 4. The number of aromatic nitrogens is 1. The zero-order valence-corrected chi connectivity index (χ0v) is 16.8. The molecule has 1 aromatic carbocycles. The smallest absolute Gasteiger partial charge is 0.220 e. The molecule has 5 nitrogen and oxygen atoms in total. The van der Waals surface area contributed by atoms with E-state index in [1.165, 1.54) is 15.8 Å². The van der Waals surface area contributed by atoms with Gasteiger partial charge in [-0.25, -0.2) is 0 Å². The van der Waals surface area contributed by atoms with Crippen LogP contribution in [0.3, 0.4) is 0 Å². The molecule has 0 radical (unpaired) electrons. The summed E-state index contributed by atoms with van der Waals surface area (Å²) in [5.74, 6) is 0.134. The number of ether oxygens (including phenoxy) is 1. The van der Waals surface area contributed by atoms with Crippen molar-refractivity contribution in [1.29, 1.82) is 0 Å². The van der Waals surface area contributed by atoms with Crippen LogP contribution in [-0.2, 0) is 16.0 Å². The second kappa shape index (κ2) is 9.37. The predicted octanol–water partition coefficient (Wildman–Crippen LogP) is 3.74. The summed E-state index contributed by atoms with van der Waals surface area (Å²) < 4.78 is 5.48. The highest BCUT2D eigenvalue weighted by molar-refractivity contribution is 7.10. The van der Waals surface area contributed by atoms with E-state index in [2.05, 4.69) is 57.1 Å². The van der Waals surface area contributed by atoms with E-state index in [9.17, 15) is 4.79 Å². The van der Waals surface area contributed by atoms with Crippen molar-refractivity contribution in [3.05, 3.63) is 58.4 Å². The molecule has 2 N–H and O–H groups in total. The number of aryl methyl sites for hydroxylation is 1. The zero-order valence-electron chi connectivity index (χ0n) is 16.0. The first-order valence-electron chi connectivity index (χ1n) is 9.98. The average molecular weight is 398 g/mol. The fourth-order valence-corrected chi connectivity index (χ4v) is 4.72. The van der Waals surface area contributed by atoms with Gasteiger partial charge in [-0.15, -0.1) is 11.3 Å². The number of para-hydroxylation sites is 1. The number of thiophene rings is 1. The summed E-state index contributed by atoms with van der Waals surface area (Å²) in [5.41, 5.74) is 2.44. The van der Waals surface area contributed by atoms with Gasteiger partial charge in [-0.05, 0) is 35.9 Å². The van der Waals surface area contributed by atoms with E-state index < -0.39 is 0 Å². The molecule has 6 heteroatoms. The van der Waals surface area contributed by atoms with Gasteiger partial charge in [0.25, 0.3) is 0 Å². The van der Waals surface area contributed by atoms with Gasteiger partial charge in [-0.2, -0.15) is 0 Å². The van der Waals surface area contributed by atoms with Gasteiger partial charge in [-0.3, -0.25) is 9.69 Å². The molecule has 1 aliphatic rings. The number of benzene rings is 1. The quantitative estimate of drug-likeness (QED) is 0.609. The van der Waals surface area contributed by atoms with E-state index >= 15 is 0 Å². The number of hydrogen-bond donors (Lipinski definition) is 2. The van der Waals surface area contributed by atoms with E-state index in [4.69, 9.17) is 4.74 Å². The number of amides is 1. The Kier molecular flexibility index (Phi) is 6.41. The third-order valence-corrected chi connectivity index (χ3v) is 6.35. The van der Waals surface area contributed by atoms with Crippen molar-refractivity contribution < 1.29 is 9.53 Å². The molecule has 2 aromatic heterocycles. The number of nitrogens with one attached hydrogen (secondary N) is 2. The molecule has 148 valence electrons. The number of nitrogens with zero attached hydrogens (tertiary/aromatic N) is 1. The van der Waals surface area contributed by atoms with Crippen LogP contribution in [0.5, 0.6) is 0 Å². The predicted molar refractivity (Wildman–Crippen MR) is 114 cm³/mol. The topological polar surface area (TPSA) is 57.4 Å². The van der Waals surface area contributed by atoms with Gasteiger partial charge < -0.3 is 15.0 Å². The molecular formula is C22H27N3O2S. The lowest BCUT2D eigenvalue weighted by Gasteiger charge is -2.34. The monoisotopic (exact) mass is 397 g/mol. The van der Waals surface area contributed by atoms with Gasteiger partial charge in [0.15, 0.2) is 0 Å². The van der Waals surface area contributed by atoms with Crippen LogP contribution in [0.2, 0.25) is 0 Å². The Morgan fingerprint density at radius 3 is 2.89 bits per heavy atom. The van der Waals surface area contributed by atoms with Crippen LogP contribution in [0.25, 0.3) is 10.9 Å². The van der Waals surface area contributed by atoms with Crippen LogP contribution < -0.4 is 5.32 Å². The lowest BCUT2D eigenvalue weighted by molar-refractivity contribution is -0.121. The molecule has 0 bridgehead atoms. The van der Waals surface area contributed by atoms with Crippen molar-refractivity contribution in [1.82, 2.24) is 15.2 Å². The normalized spacial score (nSPS) is 16.3. The fourth-order valence-electron chi connectivity index (χ4n) is 3.86. The van der Waals surface area contributed by atoms with Gasteiger partial charge in [0.05, 0.1) is 19.3 Å². The zero-order chi connectivity index (χ0) is 19.2. The van der Waals surface area contributed by atoms with Crippen molar-refractivity contribution in [3.63, 3.8) is 0 Å². The van der Waals surface area contributed by atoms with Crippen molar-refractivity contribution in [2.45, 2.75) is 25.3 Å². The number of H-pyrrole nitrogens is 1. The highest BCUT2D eigenvalue weighted by Gasteiger charge is 2.23. The van der Waals surface area contributed by atoms with Crippen molar-refractivity contribution in [2.75, 3.05) is 32.8 Å². The van der Waals surface area contributed by atoms with Crippen LogP contribution in [0, 0.1) is 0 Å². The number of rotatable bonds is 8. The maximum Gasteiger partial charge on any atom is 0.220 e. The molecule has 1 saturated heterocycles. The Labute approximate surface area is 169 Å². The minimum absolute atomic E-state index is 0.134. The molecule has 3 aromatic rings. The van der Waals surface area contributed by atoms with Gasteiger partial charge in [0, 0.05) is 48.0 Å². The largest absolute Gasteiger partial charge is 0.379 e. The minimum Gasteiger partial charge on any atom is -0.379 e. The van der Waals surface area contributed by atoms with Crippen molar-refractivity contribution in [3.8, 4) is 0 Å². The summed E-state index contributed by atoms with van der Waals surface area (Å²) >= 11 is 1.76. The van der Waals surface area contributed by atoms with E-state index in [1.807, 2.05) is 6.07 Å². The molecule has 28 heavy (non-hydrogen) atoms. The fraction of sp³-hybridized carbons (Fsp3) is 0.409. The summed E-state index contributed by atoms with van der Waals surface area (Å²) in [6, 6.07) is 12.8. The highest BCUT2D eigenvalue weighted by Crippen LogP contribution is 2.25. The van der Waals surface area contributed by atoms with Gasteiger partial charge in [0.1, 0.15) is 0 Å². The summed E-state index contributed by atoms with van der Waals surface area (Å²) in [6.45, 7) is 4.02. The van der Waals surface area contributed by atoms with Crippen LogP contribution in [0.1, 0.15) is 29.3 Å². The number of fused-ring (bicyclic) bond motifs is 1. The van der Waals surface area contributed by atoms with Crippen molar-refractivity contribution >= 4 is 28.1 Å². The third kappa shape index (κ3) is 4.63. The van der Waals surface area contributed by atoms with Crippen LogP contribution in [-0.4, -0.2) is 48.6 Å². The molecule has 0 saturated carbocycles. The molecule has 0 spiro atoms. The number of morpholine rings is 1. The van der Waals surface area contributed by atoms with Crippen molar-refractivity contribution in [2.24, 2.45) is 0 Å². The Hall–Kier alpha value is -2.15. The number of carbonyl (C=O) groups excluding carboxylic acids is 1. The molecule has 1 unspecified atom stereocenters. The van der Waals surface area contributed by atoms with Gasteiger partial charge in [-0.1, -0.05) is 24.3 Å². The summed E-state index contributed by atoms with van der Waals surface area (Å²) in [7, 11) is 0. The van der Waals surface area contributed by atoms with E-state index in [0.29, 0.717) is 13.0 Å². The summed E-state index contributed by atoms with van der Waals surface area (Å²) in [6.07, 6.45) is 4.39. The maximum atomic E-state index is 12.4. The van der Waals surface area contributed by atoms with Gasteiger partial charge in [0.2, 0.25) is 5.91 Å². The maximum absolute atomic E-state index is 12.4. The first kappa shape index (κ1) is 19.2. The van der Waals surface area contributed by atoms with Crippen LogP contribution >= 0.6 is 11.3 Å². The summed E-state index contributed by atoms with van der Waals surface area (Å²) in [4.78, 5) is 19.5. The number of carbonyl (C=O) groups is 1. The Bertz CT molecular complexity index is 884. The Morgan fingerprint density at radius 2 is 2.07 bits per heavy atom. The minimum atomic E-state index is 0.134. The Balaban J connectivity index is 1.27. The lowest BCUT2D eigenvalue weighted by atomic mass is 10.1. The van der Waals surface area contributed by atoms with Crippen LogP contribution in [0.4, 0.5) is 0 Å². The summed E-state index contributed by atoms with van der Waals surface area (Å²) in [5, 5.41) is 6.52. The molecule has 1 aliphatic heterocycles. The number of aromatic amines is 1. The molecule has 4 rings (SSSR count). The third-order valence-electron chi connectivity index (χ3n) is 5.38.